The number of aliphatic carboxylic acids is 1. The molecule has 0 aliphatic heterocycles. The van der Waals surface area contributed by atoms with E-state index in [4.69, 9.17) is 11.5 Å². The molecule has 0 aliphatic carbocycles. The number of aliphatic hydroxyl groups is 2. The second kappa shape index (κ2) is 21.9. The molecule has 1 aromatic rings. The molecule has 13 N–H and O–H groups in total. The molecule has 0 aliphatic rings. The first-order valence-corrected chi connectivity index (χ1v) is 16.6. The number of carbonyl (C=O) groups is 6. The third-order valence-corrected chi connectivity index (χ3v) is 8.19. The van der Waals surface area contributed by atoms with E-state index >= 15 is 0 Å². The molecule has 0 unspecified atom stereocenters. The Morgan fingerprint density at radius 3 is 1.84 bits per heavy atom. The van der Waals surface area contributed by atoms with E-state index in [2.05, 4.69) is 39.2 Å². The summed E-state index contributed by atoms with van der Waals surface area (Å²) in [4.78, 5) is 77.0. The first-order valence-electron chi connectivity index (χ1n) is 16.0. The fourth-order valence-corrected chi connectivity index (χ4v) is 4.72. The van der Waals surface area contributed by atoms with Gasteiger partial charge in [-0.25, -0.2) is 4.79 Å². The van der Waals surface area contributed by atoms with Gasteiger partial charge in [-0.15, -0.1) is 0 Å². The summed E-state index contributed by atoms with van der Waals surface area (Å²) in [5, 5.41) is 51.3. The number of aromatic hydroxyl groups is 1. The number of thiol groups is 1. The number of rotatable bonds is 22. The van der Waals surface area contributed by atoms with Crippen LogP contribution in [0.4, 0.5) is 0 Å². The largest absolute Gasteiger partial charge is 0.508 e. The molecule has 0 bridgehead atoms. The molecule has 0 spiro atoms. The number of nitrogens with one attached hydrogen (secondary N) is 5. The van der Waals surface area contributed by atoms with Gasteiger partial charge in [-0.1, -0.05) is 32.4 Å². The van der Waals surface area contributed by atoms with Crippen molar-refractivity contribution in [1.29, 1.82) is 0 Å². The number of hydrogen-bond donors (Lipinski definition) is 12. The van der Waals surface area contributed by atoms with Gasteiger partial charge in [-0.3, -0.25) is 24.0 Å². The molecule has 0 saturated heterocycles. The molecular weight excluding hydrogens is 662 g/mol. The molecule has 18 heteroatoms. The third-order valence-electron chi connectivity index (χ3n) is 7.82. The number of nitrogens with two attached hydrogens (primary N) is 2. The normalized spacial score (nSPS) is 16.0. The molecule has 8 atom stereocenters. The van der Waals surface area contributed by atoms with Crippen LogP contribution in [0.15, 0.2) is 24.3 Å². The van der Waals surface area contributed by atoms with E-state index in [1.807, 2.05) is 6.92 Å². The molecular formula is C31H51N7O10S. The highest BCUT2D eigenvalue weighted by molar-refractivity contribution is 7.80. The van der Waals surface area contributed by atoms with Crippen molar-refractivity contribution in [2.24, 2.45) is 17.4 Å². The number of phenols is 1. The summed E-state index contributed by atoms with van der Waals surface area (Å²) in [5.74, 6) is -6.31. The lowest BCUT2D eigenvalue weighted by Crippen LogP contribution is -2.62. The Balaban J connectivity index is 3.17. The maximum absolute atomic E-state index is 13.5. The molecule has 0 aromatic heterocycles. The topological polar surface area (TPSA) is 296 Å². The van der Waals surface area contributed by atoms with Crippen molar-refractivity contribution in [1.82, 2.24) is 26.6 Å². The number of carboxylic acid groups (broad SMARTS) is 1. The van der Waals surface area contributed by atoms with Crippen LogP contribution >= 0.6 is 12.6 Å². The Morgan fingerprint density at radius 1 is 0.796 bits per heavy atom. The van der Waals surface area contributed by atoms with E-state index in [1.165, 1.54) is 31.2 Å². The van der Waals surface area contributed by atoms with E-state index in [9.17, 15) is 49.2 Å². The predicted molar refractivity (Wildman–Crippen MR) is 182 cm³/mol. The SMILES string of the molecule is CC[C@H](C)[C@H](N)C(=O)N[C@H](C(=O)N[C@@H](Cc1ccc(O)cc1)C(=O)N[C@@H](CO)C(=O)N[C@@H](CS)C(=O)N[C@@H](CCCCN)C(=O)O)[C@@H](C)O. The zero-order chi connectivity index (χ0) is 37.3. The molecule has 276 valence electrons. The van der Waals surface area contributed by atoms with E-state index in [0.29, 0.717) is 31.4 Å². The minimum atomic E-state index is -1.64. The molecule has 1 rings (SSSR count). The van der Waals surface area contributed by atoms with Crippen molar-refractivity contribution in [2.75, 3.05) is 18.9 Å². The zero-order valence-corrected chi connectivity index (χ0v) is 28.8. The lowest BCUT2D eigenvalue weighted by Gasteiger charge is -2.28. The van der Waals surface area contributed by atoms with Crippen LogP contribution in [0.25, 0.3) is 0 Å². The lowest BCUT2D eigenvalue weighted by molar-refractivity contribution is -0.142. The third kappa shape index (κ3) is 14.6. The maximum atomic E-state index is 13.5. The van der Waals surface area contributed by atoms with Gasteiger partial charge in [0.1, 0.15) is 36.0 Å². The Hall–Kier alpha value is -3.97. The minimum absolute atomic E-state index is 0.0617. The van der Waals surface area contributed by atoms with Gasteiger partial charge in [0, 0.05) is 12.2 Å². The zero-order valence-electron chi connectivity index (χ0n) is 27.9. The quantitative estimate of drug-likeness (QED) is 0.0430. The average Bonchev–Trinajstić information content (AvgIpc) is 3.06. The van der Waals surface area contributed by atoms with Gasteiger partial charge in [0.05, 0.1) is 18.8 Å². The van der Waals surface area contributed by atoms with Gasteiger partial charge in [0.25, 0.3) is 0 Å². The number of hydrogen-bond acceptors (Lipinski definition) is 12. The lowest BCUT2D eigenvalue weighted by atomic mass is 9.98. The number of carbonyl (C=O) groups excluding carboxylic acids is 5. The van der Waals surface area contributed by atoms with Crippen molar-refractivity contribution in [3.8, 4) is 5.75 Å². The number of unbranched alkanes of at least 4 members (excludes halogenated alkanes) is 1. The van der Waals surface area contributed by atoms with E-state index in [0.717, 1.165) is 0 Å². The van der Waals surface area contributed by atoms with Crippen molar-refractivity contribution < 1.29 is 49.2 Å². The van der Waals surface area contributed by atoms with Crippen LogP contribution in [-0.4, -0.2) is 117 Å². The maximum Gasteiger partial charge on any atom is 0.326 e. The standard InChI is InChI=1S/C31H51N7O10S/c1-4-16(2)24(33)29(45)38-25(17(3)40)30(46)35-21(13-18-8-10-19(41)11-9-18)26(42)36-22(14-39)27(43)37-23(15-49)28(44)34-20(31(47)48)7-5-6-12-32/h8-11,16-17,20-25,39-41,49H,4-7,12-15,32-33H2,1-3H3,(H,34,44)(H,35,46)(H,36,42)(H,37,43)(H,38,45)(H,47,48)/t16-,17+,20-,21-,22-,23-,24-,25-/m0/s1. The summed E-state index contributed by atoms with van der Waals surface area (Å²) in [6, 6.07) is -2.51. The number of aliphatic hydroxyl groups excluding tert-OH is 2. The van der Waals surface area contributed by atoms with Gasteiger partial charge in [0.2, 0.25) is 29.5 Å². The summed E-state index contributed by atoms with van der Waals surface area (Å²) in [6.07, 6.45) is 0.0477. The fraction of sp³-hybridized carbons (Fsp3) is 0.613. The predicted octanol–water partition coefficient (Wildman–Crippen LogP) is -2.75. The molecule has 0 saturated carbocycles. The molecule has 0 heterocycles. The number of benzene rings is 1. The van der Waals surface area contributed by atoms with E-state index in [1.54, 1.807) is 6.92 Å². The second-order valence-electron chi connectivity index (χ2n) is 11.7. The van der Waals surface area contributed by atoms with E-state index < -0.39 is 84.5 Å². The van der Waals surface area contributed by atoms with Gasteiger partial charge >= 0.3 is 5.97 Å². The van der Waals surface area contributed by atoms with Crippen LogP contribution in [0.1, 0.15) is 52.0 Å². The first-order chi connectivity index (χ1) is 23.1. The summed E-state index contributed by atoms with van der Waals surface area (Å²) in [6.45, 7) is 4.24. The monoisotopic (exact) mass is 713 g/mol. The van der Waals surface area contributed by atoms with Crippen LogP contribution in [-0.2, 0) is 35.2 Å². The van der Waals surface area contributed by atoms with Crippen LogP contribution in [0.5, 0.6) is 5.75 Å². The van der Waals surface area contributed by atoms with Crippen molar-refractivity contribution in [2.45, 2.75) is 95.2 Å². The summed E-state index contributed by atoms with van der Waals surface area (Å²) in [7, 11) is 0. The number of amides is 5. The Morgan fingerprint density at radius 2 is 1.33 bits per heavy atom. The number of carboxylic acids is 1. The van der Waals surface area contributed by atoms with Crippen molar-refractivity contribution in [3.05, 3.63) is 29.8 Å². The average molecular weight is 714 g/mol. The fourth-order valence-electron chi connectivity index (χ4n) is 4.46. The Kier molecular flexibility index (Phi) is 19.2. The van der Waals surface area contributed by atoms with Gasteiger partial charge in [-0.05, 0) is 56.3 Å². The molecule has 17 nitrogen and oxygen atoms in total. The van der Waals surface area contributed by atoms with Crippen molar-refractivity contribution >= 4 is 48.1 Å². The molecule has 49 heavy (non-hydrogen) atoms. The molecule has 0 fully saturated rings. The smallest absolute Gasteiger partial charge is 0.326 e. The number of phenolic OH excluding ortho intramolecular Hbond substituents is 1. The summed E-state index contributed by atoms with van der Waals surface area (Å²) >= 11 is 4.07. The van der Waals surface area contributed by atoms with Gasteiger partial charge < -0.3 is 58.5 Å². The Labute approximate surface area is 290 Å². The van der Waals surface area contributed by atoms with Crippen molar-refractivity contribution in [3.63, 3.8) is 0 Å². The first kappa shape index (κ1) is 43.1. The van der Waals surface area contributed by atoms with Crippen LogP contribution in [0.3, 0.4) is 0 Å². The molecule has 0 radical (unpaired) electrons. The highest BCUT2D eigenvalue weighted by Gasteiger charge is 2.34. The highest BCUT2D eigenvalue weighted by atomic mass is 32.1. The Bertz CT molecular complexity index is 1250. The highest BCUT2D eigenvalue weighted by Crippen LogP contribution is 2.13. The summed E-state index contributed by atoms with van der Waals surface area (Å²) in [5.41, 5.74) is 11.9. The van der Waals surface area contributed by atoms with Gasteiger partial charge in [-0.2, -0.15) is 12.6 Å². The summed E-state index contributed by atoms with van der Waals surface area (Å²) < 4.78 is 0. The minimum Gasteiger partial charge on any atom is -0.508 e. The molecule has 1 aromatic carbocycles. The molecule has 5 amide bonds. The van der Waals surface area contributed by atoms with Crippen LogP contribution in [0.2, 0.25) is 0 Å². The van der Waals surface area contributed by atoms with Crippen LogP contribution in [0, 0.1) is 5.92 Å². The van der Waals surface area contributed by atoms with Gasteiger partial charge in [0.15, 0.2) is 0 Å². The second-order valence-corrected chi connectivity index (χ2v) is 12.1. The van der Waals surface area contributed by atoms with E-state index in [-0.39, 0.29) is 30.3 Å². The van der Waals surface area contributed by atoms with Crippen LogP contribution < -0.4 is 38.1 Å².